The molecule has 6 heteroatoms. The Kier molecular flexibility index (Phi) is 5.82. The Morgan fingerprint density at radius 2 is 2.04 bits per heavy atom. The van der Waals surface area contributed by atoms with Crippen LogP contribution >= 0.6 is 15.9 Å². The number of carbonyl (C=O) groups excluding carboxylic acids is 1. The van der Waals surface area contributed by atoms with E-state index >= 15 is 0 Å². The smallest absolute Gasteiger partial charge is 0.326 e. The van der Waals surface area contributed by atoms with Gasteiger partial charge in [0.25, 0.3) is 0 Å². The summed E-state index contributed by atoms with van der Waals surface area (Å²) in [5.41, 5.74) is 1.05. The van der Waals surface area contributed by atoms with Gasteiger partial charge in [-0.25, -0.2) is 4.79 Å². The minimum absolute atomic E-state index is 0.211. The SMILES string of the molecule is CC(C)C[C@@H](NC(=O)CCn1ccc2cc(Br)ccc21)C(=O)O. The molecule has 1 aromatic carbocycles. The van der Waals surface area contributed by atoms with Gasteiger partial charge in [-0.05, 0) is 36.6 Å². The molecule has 2 rings (SSSR count). The molecule has 23 heavy (non-hydrogen) atoms. The first kappa shape index (κ1) is 17.5. The standard InChI is InChI=1S/C17H21BrN2O3/c1-11(2)9-14(17(22)23)19-16(21)6-8-20-7-5-12-10-13(18)3-4-15(12)20/h3-5,7,10-11,14H,6,8-9H2,1-2H3,(H,19,21)(H,22,23)/t14-/m1/s1. The predicted molar refractivity (Wildman–Crippen MR) is 93.3 cm³/mol. The van der Waals surface area contributed by atoms with Gasteiger partial charge in [-0.1, -0.05) is 29.8 Å². The molecular weight excluding hydrogens is 360 g/mol. The molecule has 1 atom stereocenters. The van der Waals surface area contributed by atoms with Gasteiger partial charge in [0.05, 0.1) is 0 Å². The Balaban J connectivity index is 1.96. The van der Waals surface area contributed by atoms with Crippen LogP contribution in [0.5, 0.6) is 0 Å². The zero-order chi connectivity index (χ0) is 17.0. The highest BCUT2D eigenvalue weighted by Crippen LogP contribution is 2.21. The Labute approximate surface area is 143 Å². The molecule has 0 unspecified atom stereocenters. The largest absolute Gasteiger partial charge is 0.480 e. The fourth-order valence-electron chi connectivity index (χ4n) is 2.55. The molecule has 0 spiro atoms. The number of benzene rings is 1. The molecule has 0 bridgehead atoms. The summed E-state index contributed by atoms with van der Waals surface area (Å²) in [5.74, 6) is -1.01. The summed E-state index contributed by atoms with van der Waals surface area (Å²) in [6, 6.07) is 7.16. The first-order chi connectivity index (χ1) is 10.9. The van der Waals surface area contributed by atoms with Gasteiger partial charge in [0.2, 0.25) is 5.91 Å². The van der Waals surface area contributed by atoms with Gasteiger partial charge in [-0.2, -0.15) is 0 Å². The number of halogens is 1. The average Bonchev–Trinajstić information content (AvgIpc) is 2.86. The fourth-order valence-corrected chi connectivity index (χ4v) is 2.93. The highest BCUT2D eigenvalue weighted by Gasteiger charge is 2.20. The van der Waals surface area contributed by atoms with Crippen molar-refractivity contribution in [2.45, 2.75) is 39.3 Å². The Hall–Kier alpha value is -1.82. The lowest BCUT2D eigenvalue weighted by atomic mass is 10.0. The topological polar surface area (TPSA) is 71.3 Å². The third kappa shape index (κ3) is 4.82. The van der Waals surface area contributed by atoms with E-state index in [-0.39, 0.29) is 18.2 Å². The summed E-state index contributed by atoms with van der Waals surface area (Å²) >= 11 is 3.44. The van der Waals surface area contributed by atoms with E-state index in [4.69, 9.17) is 5.11 Å². The number of nitrogens with one attached hydrogen (secondary N) is 1. The number of hydrogen-bond acceptors (Lipinski definition) is 2. The number of rotatable bonds is 7. The van der Waals surface area contributed by atoms with Crippen molar-refractivity contribution < 1.29 is 14.7 Å². The first-order valence-corrected chi connectivity index (χ1v) is 8.42. The maximum absolute atomic E-state index is 12.0. The quantitative estimate of drug-likeness (QED) is 0.772. The molecule has 0 saturated carbocycles. The second-order valence-electron chi connectivity index (χ2n) is 6.05. The molecule has 5 nitrogen and oxygen atoms in total. The molecule has 2 N–H and O–H groups in total. The van der Waals surface area contributed by atoms with Crippen LogP contribution in [0.4, 0.5) is 0 Å². The number of aromatic nitrogens is 1. The van der Waals surface area contributed by atoms with Gasteiger partial charge in [0.15, 0.2) is 0 Å². The molecule has 1 amide bonds. The van der Waals surface area contributed by atoms with Crippen molar-refractivity contribution in [3.8, 4) is 0 Å². The highest BCUT2D eigenvalue weighted by atomic mass is 79.9. The van der Waals surface area contributed by atoms with E-state index in [0.29, 0.717) is 13.0 Å². The van der Waals surface area contributed by atoms with Crippen LogP contribution in [0.15, 0.2) is 34.9 Å². The number of aryl methyl sites for hydroxylation is 1. The molecule has 1 aromatic heterocycles. The van der Waals surface area contributed by atoms with E-state index in [1.165, 1.54) is 0 Å². The second-order valence-corrected chi connectivity index (χ2v) is 6.97. The monoisotopic (exact) mass is 380 g/mol. The van der Waals surface area contributed by atoms with Crippen LogP contribution in [0, 0.1) is 5.92 Å². The van der Waals surface area contributed by atoms with Crippen molar-refractivity contribution in [1.29, 1.82) is 0 Å². The summed E-state index contributed by atoms with van der Waals surface area (Å²) in [5, 5.41) is 12.9. The zero-order valence-electron chi connectivity index (χ0n) is 13.3. The Morgan fingerprint density at radius 3 is 2.70 bits per heavy atom. The molecule has 0 radical (unpaired) electrons. The second kappa shape index (κ2) is 7.64. The van der Waals surface area contributed by atoms with Crippen LogP contribution in [-0.2, 0) is 16.1 Å². The number of carbonyl (C=O) groups is 2. The van der Waals surface area contributed by atoms with Crippen molar-refractivity contribution in [2.24, 2.45) is 5.92 Å². The van der Waals surface area contributed by atoms with E-state index in [1.54, 1.807) is 0 Å². The summed E-state index contributed by atoms with van der Waals surface area (Å²) in [7, 11) is 0. The summed E-state index contributed by atoms with van der Waals surface area (Å²) in [4.78, 5) is 23.2. The summed E-state index contributed by atoms with van der Waals surface area (Å²) < 4.78 is 3.01. The van der Waals surface area contributed by atoms with E-state index in [0.717, 1.165) is 15.4 Å². The number of nitrogens with zero attached hydrogens (tertiary/aromatic N) is 1. The number of fused-ring (bicyclic) bond motifs is 1. The van der Waals surface area contributed by atoms with Gasteiger partial charge in [-0.15, -0.1) is 0 Å². The zero-order valence-corrected chi connectivity index (χ0v) is 14.8. The molecule has 0 fully saturated rings. The van der Waals surface area contributed by atoms with Crippen molar-refractivity contribution in [3.05, 3.63) is 34.9 Å². The van der Waals surface area contributed by atoms with Crippen LogP contribution in [0.1, 0.15) is 26.7 Å². The van der Waals surface area contributed by atoms with Crippen LogP contribution in [0.25, 0.3) is 10.9 Å². The normalized spacial score (nSPS) is 12.5. The van der Waals surface area contributed by atoms with Gasteiger partial charge < -0.3 is 15.0 Å². The van der Waals surface area contributed by atoms with Crippen LogP contribution in [0.3, 0.4) is 0 Å². The number of amides is 1. The Bertz CT molecular complexity index is 709. The fraction of sp³-hybridized carbons (Fsp3) is 0.412. The van der Waals surface area contributed by atoms with Gasteiger partial charge in [0.1, 0.15) is 6.04 Å². The first-order valence-electron chi connectivity index (χ1n) is 7.63. The van der Waals surface area contributed by atoms with Crippen molar-refractivity contribution >= 4 is 38.7 Å². The maximum atomic E-state index is 12.0. The highest BCUT2D eigenvalue weighted by molar-refractivity contribution is 9.10. The minimum atomic E-state index is -0.983. The molecule has 2 aromatic rings. The van der Waals surface area contributed by atoms with Gasteiger partial charge in [-0.3, -0.25) is 4.79 Å². The number of hydrogen-bond donors (Lipinski definition) is 2. The number of aliphatic carboxylic acids is 1. The molecule has 124 valence electrons. The van der Waals surface area contributed by atoms with Crippen LogP contribution in [-0.4, -0.2) is 27.6 Å². The van der Waals surface area contributed by atoms with Gasteiger partial charge >= 0.3 is 5.97 Å². The van der Waals surface area contributed by atoms with E-state index in [9.17, 15) is 9.59 Å². The van der Waals surface area contributed by atoms with Crippen LogP contribution < -0.4 is 5.32 Å². The molecule has 0 aliphatic carbocycles. The lowest BCUT2D eigenvalue weighted by molar-refractivity contribution is -0.142. The van der Waals surface area contributed by atoms with Crippen molar-refractivity contribution in [2.75, 3.05) is 0 Å². The van der Waals surface area contributed by atoms with Crippen molar-refractivity contribution in [1.82, 2.24) is 9.88 Å². The third-order valence-corrected chi connectivity index (χ3v) is 4.15. The van der Waals surface area contributed by atoms with Crippen molar-refractivity contribution in [3.63, 3.8) is 0 Å². The molecule has 0 aliphatic rings. The third-order valence-electron chi connectivity index (χ3n) is 3.65. The minimum Gasteiger partial charge on any atom is -0.480 e. The van der Waals surface area contributed by atoms with E-state index in [2.05, 4.69) is 21.2 Å². The van der Waals surface area contributed by atoms with E-state index in [1.807, 2.05) is 48.9 Å². The van der Waals surface area contributed by atoms with E-state index < -0.39 is 12.0 Å². The molecule has 0 aliphatic heterocycles. The average molecular weight is 381 g/mol. The summed E-state index contributed by atoms with van der Waals surface area (Å²) in [6.07, 6.45) is 2.62. The number of carboxylic acid groups (broad SMARTS) is 1. The maximum Gasteiger partial charge on any atom is 0.326 e. The number of carboxylic acids is 1. The molecular formula is C17H21BrN2O3. The van der Waals surface area contributed by atoms with Crippen LogP contribution in [0.2, 0.25) is 0 Å². The lowest BCUT2D eigenvalue weighted by Gasteiger charge is -2.16. The predicted octanol–water partition coefficient (Wildman–Crippen LogP) is 3.41. The molecule has 1 heterocycles. The lowest BCUT2D eigenvalue weighted by Crippen LogP contribution is -2.41. The summed E-state index contributed by atoms with van der Waals surface area (Å²) in [6.45, 7) is 4.39. The van der Waals surface area contributed by atoms with Gasteiger partial charge in [0, 0.05) is 34.5 Å². The molecule has 0 saturated heterocycles. The Morgan fingerprint density at radius 1 is 1.30 bits per heavy atom.